The van der Waals surface area contributed by atoms with Gasteiger partial charge in [0.25, 0.3) is 0 Å². The van der Waals surface area contributed by atoms with Crippen LogP contribution in [0.1, 0.15) is 31.9 Å². The first-order valence-corrected chi connectivity index (χ1v) is 6.92. The molecule has 0 aliphatic heterocycles. The Balaban J connectivity index is 2.39. The topological polar surface area (TPSA) is 24.5 Å². The predicted molar refractivity (Wildman–Crippen MR) is 81.2 cm³/mol. The normalized spacial score (nSPS) is 12.1. The molecule has 1 N–H and O–H groups in total. The highest BCUT2D eigenvalue weighted by atomic mass is 16.5. The Labute approximate surface area is 118 Å². The molecule has 1 aromatic carbocycles. The number of hydrogen-bond donors (Lipinski definition) is 1. The Kier molecular flexibility index (Phi) is 6.49. The highest BCUT2D eigenvalue weighted by Crippen LogP contribution is 2.08. The lowest BCUT2D eigenvalue weighted by Crippen LogP contribution is -2.35. The molecule has 0 bridgehead atoms. The number of nitrogens with one attached hydrogen (secondary N) is 1. The molecule has 0 fully saturated rings. The first-order chi connectivity index (χ1) is 8.87. The average Bonchev–Trinajstić information content (AvgIpc) is 2.32. The molecule has 3 heteroatoms. The lowest BCUT2D eigenvalue weighted by molar-refractivity contribution is 0.105. The number of likely N-dealkylation sites (N-methyl/N-ethyl adjacent to an activating group) is 1. The van der Waals surface area contributed by atoms with E-state index in [-0.39, 0.29) is 5.54 Å². The maximum Gasteiger partial charge on any atom is 0.0717 e. The Morgan fingerprint density at radius 1 is 1.16 bits per heavy atom. The predicted octanol–water partition coefficient (Wildman–Crippen LogP) is 2.65. The van der Waals surface area contributed by atoms with Gasteiger partial charge in [-0.25, -0.2) is 0 Å². The summed E-state index contributed by atoms with van der Waals surface area (Å²) in [6.07, 6.45) is 0. The molecule has 0 atom stereocenters. The second-order valence-electron chi connectivity index (χ2n) is 6.28. The van der Waals surface area contributed by atoms with Crippen LogP contribution in [0.15, 0.2) is 24.3 Å². The van der Waals surface area contributed by atoms with Gasteiger partial charge in [0.1, 0.15) is 0 Å². The fraction of sp³-hybridized carbons (Fsp3) is 0.625. The van der Waals surface area contributed by atoms with E-state index in [1.54, 1.807) is 0 Å². The molecule has 0 saturated carbocycles. The second-order valence-corrected chi connectivity index (χ2v) is 6.28. The van der Waals surface area contributed by atoms with E-state index < -0.39 is 0 Å². The largest absolute Gasteiger partial charge is 0.375 e. The quantitative estimate of drug-likeness (QED) is 0.766. The summed E-state index contributed by atoms with van der Waals surface area (Å²) >= 11 is 0. The average molecular weight is 264 g/mol. The van der Waals surface area contributed by atoms with Crippen LogP contribution in [0.3, 0.4) is 0 Å². The summed E-state index contributed by atoms with van der Waals surface area (Å²) in [5, 5.41) is 3.50. The van der Waals surface area contributed by atoms with Gasteiger partial charge in [-0.05, 0) is 46.0 Å². The zero-order chi connectivity index (χ0) is 14.3. The Morgan fingerprint density at radius 2 is 1.84 bits per heavy atom. The SMILES string of the molecule is CN(C)CCOCc1cccc(CNC(C)(C)C)c1. The smallest absolute Gasteiger partial charge is 0.0717 e. The zero-order valence-corrected chi connectivity index (χ0v) is 13.0. The fourth-order valence-corrected chi connectivity index (χ4v) is 1.63. The van der Waals surface area contributed by atoms with E-state index in [0.29, 0.717) is 6.61 Å². The zero-order valence-electron chi connectivity index (χ0n) is 13.0. The monoisotopic (exact) mass is 264 g/mol. The minimum atomic E-state index is 0.151. The minimum Gasteiger partial charge on any atom is -0.375 e. The van der Waals surface area contributed by atoms with Crippen molar-refractivity contribution in [2.45, 2.75) is 39.5 Å². The summed E-state index contributed by atoms with van der Waals surface area (Å²) < 4.78 is 5.67. The van der Waals surface area contributed by atoms with Crippen molar-refractivity contribution in [1.29, 1.82) is 0 Å². The molecule has 0 amide bonds. The van der Waals surface area contributed by atoms with Gasteiger partial charge in [-0.3, -0.25) is 0 Å². The van der Waals surface area contributed by atoms with Crippen LogP contribution < -0.4 is 5.32 Å². The highest BCUT2D eigenvalue weighted by Gasteiger charge is 2.08. The molecule has 0 unspecified atom stereocenters. The van der Waals surface area contributed by atoms with E-state index in [2.05, 4.69) is 69.3 Å². The van der Waals surface area contributed by atoms with E-state index in [0.717, 1.165) is 19.7 Å². The van der Waals surface area contributed by atoms with Crippen LogP contribution in [-0.2, 0) is 17.9 Å². The third kappa shape index (κ3) is 7.98. The summed E-state index contributed by atoms with van der Waals surface area (Å²) in [7, 11) is 4.12. The number of ether oxygens (including phenoxy) is 1. The molecule has 1 rings (SSSR count). The van der Waals surface area contributed by atoms with Crippen molar-refractivity contribution in [3.05, 3.63) is 35.4 Å². The highest BCUT2D eigenvalue weighted by molar-refractivity contribution is 5.23. The van der Waals surface area contributed by atoms with Crippen molar-refractivity contribution < 1.29 is 4.74 Å². The van der Waals surface area contributed by atoms with E-state index >= 15 is 0 Å². The minimum absolute atomic E-state index is 0.151. The molecular weight excluding hydrogens is 236 g/mol. The van der Waals surface area contributed by atoms with Gasteiger partial charge in [0, 0.05) is 18.6 Å². The fourth-order valence-electron chi connectivity index (χ4n) is 1.63. The maximum atomic E-state index is 5.67. The molecule has 0 spiro atoms. The molecule has 0 aliphatic rings. The number of benzene rings is 1. The molecule has 3 nitrogen and oxygen atoms in total. The van der Waals surface area contributed by atoms with Gasteiger partial charge in [0.15, 0.2) is 0 Å². The lowest BCUT2D eigenvalue weighted by Gasteiger charge is -2.20. The molecule has 1 aromatic rings. The Morgan fingerprint density at radius 3 is 2.47 bits per heavy atom. The van der Waals surface area contributed by atoms with Gasteiger partial charge >= 0.3 is 0 Å². The third-order valence-corrected chi connectivity index (χ3v) is 2.77. The molecule has 0 heterocycles. The van der Waals surface area contributed by atoms with E-state index in [9.17, 15) is 0 Å². The van der Waals surface area contributed by atoms with E-state index in [1.807, 2.05) is 0 Å². The van der Waals surface area contributed by atoms with Crippen LogP contribution in [0, 0.1) is 0 Å². The van der Waals surface area contributed by atoms with Crippen molar-refractivity contribution in [3.8, 4) is 0 Å². The molecule has 0 aliphatic carbocycles. The van der Waals surface area contributed by atoms with Gasteiger partial charge in [0.2, 0.25) is 0 Å². The standard InChI is InChI=1S/C16H28N2O/c1-16(2,3)17-12-14-7-6-8-15(11-14)13-19-10-9-18(4)5/h6-8,11,17H,9-10,12-13H2,1-5H3. The first kappa shape index (κ1) is 16.2. The summed E-state index contributed by atoms with van der Waals surface area (Å²) in [5.41, 5.74) is 2.70. The van der Waals surface area contributed by atoms with Crippen LogP contribution in [0.2, 0.25) is 0 Å². The molecule has 0 aromatic heterocycles. The number of hydrogen-bond acceptors (Lipinski definition) is 3. The molecule has 0 saturated heterocycles. The lowest BCUT2D eigenvalue weighted by atomic mass is 10.1. The summed E-state index contributed by atoms with van der Waals surface area (Å²) in [6.45, 7) is 9.87. The first-order valence-electron chi connectivity index (χ1n) is 6.92. The van der Waals surface area contributed by atoms with Gasteiger partial charge in [0.05, 0.1) is 13.2 Å². The third-order valence-electron chi connectivity index (χ3n) is 2.77. The van der Waals surface area contributed by atoms with Crippen molar-refractivity contribution in [2.24, 2.45) is 0 Å². The maximum absolute atomic E-state index is 5.67. The number of nitrogens with zero attached hydrogens (tertiary/aromatic N) is 1. The van der Waals surface area contributed by atoms with Gasteiger partial charge < -0.3 is 15.0 Å². The van der Waals surface area contributed by atoms with Gasteiger partial charge in [-0.2, -0.15) is 0 Å². The van der Waals surface area contributed by atoms with Crippen molar-refractivity contribution in [2.75, 3.05) is 27.2 Å². The van der Waals surface area contributed by atoms with E-state index in [4.69, 9.17) is 4.74 Å². The summed E-state index contributed by atoms with van der Waals surface area (Å²) in [4.78, 5) is 2.13. The van der Waals surface area contributed by atoms with Crippen LogP contribution in [0.5, 0.6) is 0 Å². The van der Waals surface area contributed by atoms with Crippen LogP contribution in [-0.4, -0.2) is 37.7 Å². The Hall–Kier alpha value is -0.900. The summed E-state index contributed by atoms with van der Waals surface area (Å²) in [6, 6.07) is 8.59. The van der Waals surface area contributed by atoms with Crippen molar-refractivity contribution in [1.82, 2.24) is 10.2 Å². The van der Waals surface area contributed by atoms with E-state index in [1.165, 1.54) is 11.1 Å². The van der Waals surface area contributed by atoms with Gasteiger partial charge in [-0.15, -0.1) is 0 Å². The molecular formula is C16H28N2O. The second kappa shape index (κ2) is 7.63. The molecule has 19 heavy (non-hydrogen) atoms. The van der Waals surface area contributed by atoms with Crippen LogP contribution in [0.25, 0.3) is 0 Å². The van der Waals surface area contributed by atoms with Crippen LogP contribution >= 0.6 is 0 Å². The summed E-state index contributed by atoms with van der Waals surface area (Å²) in [5.74, 6) is 0. The van der Waals surface area contributed by atoms with Gasteiger partial charge in [-0.1, -0.05) is 24.3 Å². The molecule has 0 radical (unpaired) electrons. The van der Waals surface area contributed by atoms with Crippen molar-refractivity contribution in [3.63, 3.8) is 0 Å². The number of rotatable bonds is 7. The Bertz CT molecular complexity index is 369. The molecule has 108 valence electrons. The van der Waals surface area contributed by atoms with Crippen molar-refractivity contribution >= 4 is 0 Å². The van der Waals surface area contributed by atoms with Crippen LogP contribution in [0.4, 0.5) is 0 Å².